The SMILES string of the molecule is COc1ccc2c(c1)NCC2CCN(C)C. The number of nitrogens with zero attached hydrogens (tertiary/aromatic N) is 1. The summed E-state index contributed by atoms with van der Waals surface area (Å²) in [5, 5.41) is 3.45. The first-order chi connectivity index (χ1) is 7.70. The minimum atomic E-state index is 0.642. The lowest BCUT2D eigenvalue weighted by molar-refractivity contribution is 0.386. The molecule has 0 saturated heterocycles. The van der Waals surface area contributed by atoms with Crippen LogP contribution in [0.4, 0.5) is 5.69 Å². The highest BCUT2D eigenvalue weighted by atomic mass is 16.5. The van der Waals surface area contributed by atoms with Crippen LogP contribution in [0.2, 0.25) is 0 Å². The molecule has 0 spiro atoms. The topological polar surface area (TPSA) is 24.5 Å². The van der Waals surface area contributed by atoms with E-state index in [4.69, 9.17) is 4.74 Å². The summed E-state index contributed by atoms with van der Waals surface area (Å²) in [6.07, 6.45) is 1.21. The normalized spacial score (nSPS) is 18.4. The molecule has 88 valence electrons. The summed E-state index contributed by atoms with van der Waals surface area (Å²) in [5.41, 5.74) is 2.67. The Kier molecular flexibility index (Phi) is 3.34. The molecule has 1 aromatic rings. The van der Waals surface area contributed by atoms with Gasteiger partial charge in [0, 0.05) is 24.2 Å². The van der Waals surface area contributed by atoms with Gasteiger partial charge < -0.3 is 15.0 Å². The van der Waals surface area contributed by atoms with Crippen molar-refractivity contribution >= 4 is 5.69 Å². The zero-order chi connectivity index (χ0) is 11.5. The molecule has 0 amide bonds. The van der Waals surface area contributed by atoms with Gasteiger partial charge in [-0.25, -0.2) is 0 Å². The van der Waals surface area contributed by atoms with Crippen LogP contribution in [0.1, 0.15) is 17.9 Å². The minimum Gasteiger partial charge on any atom is -0.497 e. The average Bonchev–Trinajstić information content (AvgIpc) is 2.68. The Labute approximate surface area is 97.4 Å². The fourth-order valence-electron chi connectivity index (χ4n) is 2.19. The van der Waals surface area contributed by atoms with Gasteiger partial charge in [-0.3, -0.25) is 0 Å². The maximum atomic E-state index is 5.22. The number of hydrogen-bond donors (Lipinski definition) is 1. The maximum absolute atomic E-state index is 5.22. The van der Waals surface area contributed by atoms with Crippen LogP contribution in [0.25, 0.3) is 0 Å². The molecule has 16 heavy (non-hydrogen) atoms. The fourth-order valence-corrected chi connectivity index (χ4v) is 2.19. The van der Waals surface area contributed by atoms with Crippen LogP contribution in [0.15, 0.2) is 18.2 Å². The van der Waals surface area contributed by atoms with Crippen molar-refractivity contribution in [3.05, 3.63) is 23.8 Å². The summed E-state index contributed by atoms with van der Waals surface area (Å²) < 4.78 is 5.22. The number of anilines is 1. The maximum Gasteiger partial charge on any atom is 0.120 e. The van der Waals surface area contributed by atoms with Gasteiger partial charge in [0.05, 0.1) is 7.11 Å². The summed E-state index contributed by atoms with van der Waals surface area (Å²) >= 11 is 0. The highest BCUT2D eigenvalue weighted by Crippen LogP contribution is 2.35. The number of nitrogens with one attached hydrogen (secondary N) is 1. The average molecular weight is 220 g/mol. The molecule has 0 aliphatic carbocycles. The van der Waals surface area contributed by atoms with E-state index in [9.17, 15) is 0 Å². The standard InChI is InChI=1S/C13H20N2O/c1-15(2)7-6-10-9-14-13-8-11(16-3)4-5-12(10)13/h4-5,8,10,14H,6-7,9H2,1-3H3. The Balaban J connectivity index is 2.08. The van der Waals surface area contributed by atoms with E-state index in [0.717, 1.165) is 18.8 Å². The zero-order valence-corrected chi connectivity index (χ0v) is 10.3. The van der Waals surface area contributed by atoms with Gasteiger partial charge in [-0.05, 0) is 38.7 Å². The highest BCUT2D eigenvalue weighted by Gasteiger charge is 2.22. The molecular weight excluding hydrogens is 200 g/mol. The predicted molar refractivity (Wildman–Crippen MR) is 67.4 cm³/mol. The van der Waals surface area contributed by atoms with E-state index < -0.39 is 0 Å². The number of rotatable bonds is 4. The van der Waals surface area contributed by atoms with Crippen LogP contribution in [0, 0.1) is 0 Å². The Hall–Kier alpha value is -1.22. The number of hydrogen-bond acceptors (Lipinski definition) is 3. The fraction of sp³-hybridized carbons (Fsp3) is 0.538. The van der Waals surface area contributed by atoms with E-state index >= 15 is 0 Å². The van der Waals surface area contributed by atoms with Crippen LogP contribution in [0.3, 0.4) is 0 Å². The number of fused-ring (bicyclic) bond motifs is 1. The molecule has 3 heteroatoms. The minimum absolute atomic E-state index is 0.642. The van der Waals surface area contributed by atoms with Gasteiger partial charge in [-0.1, -0.05) is 6.07 Å². The van der Waals surface area contributed by atoms with Crippen LogP contribution >= 0.6 is 0 Å². The molecule has 0 aromatic heterocycles. The van der Waals surface area contributed by atoms with Gasteiger partial charge in [0.15, 0.2) is 0 Å². The summed E-state index contributed by atoms with van der Waals surface area (Å²) in [4.78, 5) is 2.24. The molecule has 0 saturated carbocycles. The quantitative estimate of drug-likeness (QED) is 0.841. The van der Waals surface area contributed by atoms with Gasteiger partial charge in [-0.15, -0.1) is 0 Å². The molecule has 1 atom stereocenters. The molecule has 1 aliphatic heterocycles. The van der Waals surface area contributed by atoms with Crippen molar-refractivity contribution in [3.63, 3.8) is 0 Å². The molecule has 3 nitrogen and oxygen atoms in total. The predicted octanol–water partition coefficient (Wildman–Crippen LogP) is 2.16. The second-order valence-electron chi connectivity index (χ2n) is 4.62. The smallest absolute Gasteiger partial charge is 0.120 e. The van der Waals surface area contributed by atoms with Gasteiger partial charge in [0.1, 0.15) is 5.75 Å². The first-order valence-corrected chi connectivity index (χ1v) is 5.77. The largest absolute Gasteiger partial charge is 0.497 e. The third-order valence-electron chi connectivity index (χ3n) is 3.16. The van der Waals surface area contributed by atoms with E-state index in [2.05, 4.69) is 42.5 Å². The first kappa shape index (κ1) is 11.3. The summed E-state index contributed by atoms with van der Waals surface area (Å²) in [6, 6.07) is 6.33. The van der Waals surface area contributed by atoms with E-state index in [1.165, 1.54) is 17.7 Å². The van der Waals surface area contributed by atoms with Gasteiger partial charge in [-0.2, -0.15) is 0 Å². The van der Waals surface area contributed by atoms with Crippen molar-refractivity contribution in [2.45, 2.75) is 12.3 Å². The van der Waals surface area contributed by atoms with Crippen molar-refractivity contribution in [2.75, 3.05) is 39.6 Å². The molecule has 0 bridgehead atoms. The van der Waals surface area contributed by atoms with E-state index in [1.807, 2.05) is 0 Å². The Bertz CT molecular complexity index is 363. The zero-order valence-electron chi connectivity index (χ0n) is 10.3. The lowest BCUT2D eigenvalue weighted by Gasteiger charge is -2.14. The number of benzene rings is 1. The van der Waals surface area contributed by atoms with Crippen molar-refractivity contribution in [1.29, 1.82) is 0 Å². The Morgan fingerprint density at radius 2 is 2.25 bits per heavy atom. The van der Waals surface area contributed by atoms with E-state index in [-0.39, 0.29) is 0 Å². The summed E-state index contributed by atoms with van der Waals surface area (Å²) in [7, 11) is 5.95. The lowest BCUT2D eigenvalue weighted by Crippen LogP contribution is -2.16. The third-order valence-corrected chi connectivity index (χ3v) is 3.16. The molecule has 1 heterocycles. The van der Waals surface area contributed by atoms with Crippen molar-refractivity contribution in [3.8, 4) is 5.75 Å². The summed E-state index contributed by atoms with van der Waals surface area (Å²) in [6.45, 7) is 2.19. The highest BCUT2D eigenvalue weighted by molar-refractivity contribution is 5.60. The van der Waals surface area contributed by atoms with Crippen LogP contribution in [0.5, 0.6) is 5.75 Å². The van der Waals surface area contributed by atoms with Crippen LogP contribution < -0.4 is 10.1 Å². The first-order valence-electron chi connectivity index (χ1n) is 5.77. The van der Waals surface area contributed by atoms with E-state index in [1.54, 1.807) is 7.11 Å². The molecule has 0 radical (unpaired) electrons. The molecule has 2 rings (SSSR count). The van der Waals surface area contributed by atoms with Crippen molar-refractivity contribution in [1.82, 2.24) is 4.90 Å². The molecular formula is C13H20N2O. The second-order valence-corrected chi connectivity index (χ2v) is 4.62. The Morgan fingerprint density at radius 1 is 1.44 bits per heavy atom. The van der Waals surface area contributed by atoms with Gasteiger partial charge in [0.25, 0.3) is 0 Å². The molecule has 1 aromatic carbocycles. The molecule has 1 N–H and O–H groups in total. The lowest BCUT2D eigenvalue weighted by atomic mass is 9.98. The van der Waals surface area contributed by atoms with Gasteiger partial charge >= 0.3 is 0 Å². The number of ether oxygens (including phenoxy) is 1. The van der Waals surface area contributed by atoms with Crippen molar-refractivity contribution < 1.29 is 4.74 Å². The third kappa shape index (κ3) is 2.30. The molecule has 0 fully saturated rings. The van der Waals surface area contributed by atoms with E-state index in [0.29, 0.717) is 5.92 Å². The van der Waals surface area contributed by atoms with Crippen LogP contribution in [-0.4, -0.2) is 39.2 Å². The second kappa shape index (κ2) is 4.74. The summed E-state index contributed by atoms with van der Waals surface area (Å²) in [5.74, 6) is 1.57. The monoisotopic (exact) mass is 220 g/mol. The Morgan fingerprint density at radius 3 is 2.94 bits per heavy atom. The van der Waals surface area contributed by atoms with Gasteiger partial charge in [0.2, 0.25) is 0 Å². The van der Waals surface area contributed by atoms with Crippen LogP contribution in [-0.2, 0) is 0 Å². The van der Waals surface area contributed by atoms with Crippen molar-refractivity contribution in [2.24, 2.45) is 0 Å². The number of methoxy groups -OCH3 is 1. The molecule has 1 aliphatic rings. The molecule has 1 unspecified atom stereocenters.